The SMILES string of the molecule is Cc1ccc(CC(=O)Nc2cc3c(cc2N2CCOCC2)n(C)c(=O)c(=O)n3C)cc1. The van der Waals surface area contributed by atoms with Crippen LogP contribution in [0.3, 0.4) is 0 Å². The quantitative estimate of drug-likeness (QED) is 0.645. The topological polar surface area (TPSA) is 85.6 Å². The van der Waals surface area contributed by atoms with Gasteiger partial charge in [-0.2, -0.15) is 0 Å². The van der Waals surface area contributed by atoms with E-state index in [-0.39, 0.29) is 12.3 Å². The summed E-state index contributed by atoms with van der Waals surface area (Å²) in [5, 5.41) is 3.02. The highest BCUT2D eigenvalue weighted by Crippen LogP contribution is 2.31. The number of morpholine rings is 1. The third kappa shape index (κ3) is 4.11. The van der Waals surface area contributed by atoms with Crippen molar-refractivity contribution >= 4 is 28.3 Å². The van der Waals surface area contributed by atoms with Gasteiger partial charge in [0, 0.05) is 27.2 Å². The van der Waals surface area contributed by atoms with Gasteiger partial charge < -0.3 is 24.1 Å². The van der Waals surface area contributed by atoms with E-state index in [1.165, 1.54) is 9.13 Å². The molecule has 162 valence electrons. The number of fused-ring (bicyclic) bond motifs is 1. The average Bonchev–Trinajstić information content (AvgIpc) is 2.78. The number of anilines is 2. The molecule has 2 aromatic carbocycles. The normalized spacial score (nSPS) is 14.1. The van der Waals surface area contributed by atoms with Crippen molar-refractivity contribution < 1.29 is 9.53 Å². The summed E-state index contributed by atoms with van der Waals surface area (Å²) in [7, 11) is 3.16. The van der Waals surface area contributed by atoms with Crippen LogP contribution in [0.25, 0.3) is 11.0 Å². The van der Waals surface area contributed by atoms with E-state index in [0.717, 1.165) is 16.8 Å². The van der Waals surface area contributed by atoms with E-state index in [4.69, 9.17) is 4.74 Å². The molecule has 0 aliphatic carbocycles. The summed E-state index contributed by atoms with van der Waals surface area (Å²) in [4.78, 5) is 39.6. The maximum Gasteiger partial charge on any atom is 0.316 e. The van der Waals surface area contributed by atoms with E-state index >= 15 is 0 Å². The molecule has 1 saturated heterocycles. The maximum absolute atomic E-state index is 12.8. The Balaban J connectivity index is 1.77. The fraction of sp³-hybridized carbons (Fsp3) is 0.348. The molecule has 1 aromatic heterocycles. The summed E-state index contributed by atoms with van der Waals surface area (Å²) in [5.41, 5.74) is 3.50. The van der Waals surface area contributed by atoms with Crippen molar-refractivity contribution in [3.63, 3.8) is 0 Å². The summed E-state index contributed by atoms with van der Waals surface area (Å²) in [5.74, 6) is -0.146. The summed E-state index contributed by atoms with van der Waals surface area (Å²) in [6.45, 7) is 4.52. The second-order valence-corrected chi connectivity index (χ2v) is 7.90. The van der Waals surface area contributed by atoms with Gasteiger partial charge in [-0.25, -0.2) is 0 Å². The number of aryl methyl sites for hydroxylation is 3. The van der Waals surface area contributed by atoms with Gasteiger partial charge in [0.25, 0.3) is 0 Å². The molecule has 1 amide bonds. The van der Waals surface area contributed by atoms with Crippen molar-refractivity contribution in [1.29, 1.82) is 0 Å². The molecule has 3 aromatic rings. The highest BCUT2D eigenvalue weighted by atomic mass is 16.5. The van der Waals surface area contributed by atoms with Crippen LogP contribution in [0.1, 0.15) is 11.1 Å². The predicted octanol–water partition coefficient (Wildman–Crippen LogP) is 1.56. The zero-order valence-corrected chi connectivity index (χ0v) is 18.0. The number of carbonyl (C=O) groups excluding carboxylic acids is 1. The molecular formula is C23H26N4O4. The first-order valence-corrected chi connectivity index (χ1v) is 10.3. The lowest BCUT2D eigenvalue weighted by Crippen LogP contribution is -2.40. The Labute approximate surface area is 179 Å². The Morgan fingerprint density at radius 1 is 0.968 bits per heavy atom. The minimum absolute atomic E-state index is 0.146. The van der Waals surface area contributed by atoms with Crippen molar-refractivity contribution in [3.05, 3.63) is 68.2 Å². The number of nitrogens with zero attached hydrogens (tertiary/aromatic N) is 3. The van der Waals surface area contributed by atoms with Crippen LogP contribution in [0, 0.1) is 6.92 Å². The molecule has 1 N–H and O–H groups in total. The van der Waals surface area contributed by atoms with Gasteiger partial charge in [-0.3, -0.25) is 14.4 Å². The van der Waals surface area contributed by atoms with Crippen molar-refractivity contribution in [1.82, 2.24) is 9.13 Å². The van der Waals surface area contributed by atoms with Crippen LogP contribution in [-0.2, 0) is 30.0 Å². The smallest absolute Gasteiger partial charge is 0.316 e. The minimum Gasteiger partial charge on any atom is -0.378 e. The Hall–Kier alpha value is -3.39. The zero-order chi connectivity index (χ0) is 22.1. The van der Waals surface area contributed by atoms with E-state index in [0.29, 0.717) is 43.0 Å². The highest BCUT2D eigenvalue weighted by molar-refractivity contribution is 5.99. The first kappa shape index (κ1) is 20.9. The molecule has 1 aliphatic rings. The van der Waals surface area contributed by atoms with E-state index in [9.17, 15) is 14.4 Å². The summed E-state index contributed by atoms with van der Waals surface area (Å²) < 4.78 is 8.16. The number of nitrogens with one attached hydrogen (secondary N) is 1. The van der Waals surface area contributed by atoms with Gasteiger partial charge in [0.1, 0.15) is 0 Å². The lowest BCUT2D eigenvalue weighted by molar-refractivity contribution is -0.115. The number of carbonyl (C=O) groups is 1. The van der Waals surface area contributed by atoms with E-state index in [2.05, 4.69) is 10.2 Å². The van der Waals surface area contributed by atoms with Gasteiger partial charge in [0.2, 0.25) is 5.91 Å². The van der Waals surface area contributed by atoms with Gasteiger partial charge >= 0.3 is 11.1 Å². The molecule has 2 heterocycles. The lowest BCUT2D eigenvalue weighted by atomic mass is 10.1. The molecule has 1 aliphatic heterocycles. The standard InChI is InChI=1S/C23H26N4O4/c1-15-4-6-16(7-5-15)12-21(28)24-17-13-19-20(26(3)23(30)22(29)25(19)2)14-18(17)27-8-10-31-11-9-27/h4-7,13-14H,8-12H2,1-3H3,(H,24,28). The van der Waals surface area contributed by atoms with Crippen molar-refractivity contribution in [2.75, 3.05) is 36.5 Å². The number of aromatic nitrogens is 2. The Bertz CT molecular complexity index is 1250. The monoisotopic (exact) mass is 422 g/mol. The second-order valence-electron chi connectivity index (χ2n) is 7.90. The Kier molecular flexibility index (Phi) is 5.65. The lowest BCUT2D eigenvalue weighted by Gasteiger charge is -2.31. The first-order chi connectivity index (χ1) is 14.8. The highest BCUT2D eigenvalue weighted by Gasteiger charge is 2.20. The molecule has 0 atom stereocenters. The van der Waals surface area contributed by atoms with Crippen LogP contribution in [0.4, 0.5) is 11.4 Å². The van der Waals surface area contributed by atoms with Crippen molar-refractivity contribution in [3.8, 4) is 0 Å². The van der Waals surface area contributed by atoms with E-state index < -0.39 is 11.1 Å². The second kappa shape index (κ2) is 8.39. The van der Waals surface area contributed by atoms with Crippen LogP contribution in [0.5, 0.6) is 0 Å². The van der Waals surface area contributed by atoms with Crippen molar-refractivity contribution in [2.45, 2.75) is 13.3 Å². The predicted molar refractivity (Wildman–Crippen MR) is 121 cm³/mol. The fourth-order valence-corrected chi connectivity index (χ4v) is 3.86. The Morgan fingerprint density at radius 3 is 2.16 bits per heavy atom. The fourth-order valence-electron chi connectivity index (χ4n) is 3.86. The molecule has 0 spiro atoms. The molecule has 0 radical (unpaired) electrons. The van der Waals surface area contributed by atoms with E-state index in [1.54, 1.807) is 20.2 Å². The Morgan fingerprint density at radius 2 is 1.55 bits per heavy atom. The van der Waals surface area contributed by atoms with Crippen molar-refractivity contribution in [2.24, 2.45) is 14.1 Å². The van der Waals surface area contributed by atoms with Gasteiger partial charge in [-0.15, -0.1) is 0 Å². The number of ether oxygens (including phenoxy) is 1. The maximum atomic E-state index is 12.8. The van der Waals surface area contributed by atoms with Crippen LogP contribution in [0.15, 0.2) is 46.0 Å². The third-order valence-electron chi connectivity index (χ3n) is 5.72. The first-order valence-electron chi connectivity index (χ1n) is 10.3. The molecule has 1 fully saturated rings. The summed E-state index contributed by atoms with van der Waals surface area (Å²) >= 11 is 0. The van der Waals surface area contributed by atoms with Crippen LogP contribution in [0.2, 0.25) is 0 Å². The molecule has 4 rings (SSSR count). The van der Waals surface area contributed by atoms with E-state index in [1.807, 2.05) is 37.3 Å². The molecule has 8 nitrogen and oxygen atoms in total. The van der Waals surface area contributed by atoms with Crippen LogP contribution in [-0.4, -0.2) is 41.3 Å². The van der Waals surface area contributed by atoms with Gasteiger partial charge in [-0.05, 0) is 24.6 Å². The van der Waals surface area contributed by atoms with Crippen LogP contribution < -0.4 is 21.3 Å². The number of rotatable bonds is 4. The molecule has 31 heavy (non-hydrogen) atoms. The number of amides is 1. The average molecular weight is 422 g/mol. The van der Waals surface area contributed by atoms with Gasteiger partial charge in [0.05, 0.1) is 42.0 Å². The van der Waals surface area contributed by atoms with Gasteiger partial charge in [-0.1, -0.05) is 29.8 Å². The molecule has 0 saturated carbocycles. The molecular weight excluding hydrogens is 396 g/mol. The summed E-state index contributed by atoms with van der Waals surface area (Å²) in [6.07, 6.45) is 0.243. The van der Waals surface area contributed by atoms with Gasteiger partial charge in [0.15, 0.2) is 0 Å². The molecule has 0 bridgehead atoms. The zero-order valence-electron chi connectivity index (χ0n) is 18.0. The van der Waals surface area contributed by atoms with Crippen LogP contribution >= 0.6 is 0 Å². The number of benzene rings is 2. The number of hydrogen-bond donors (Lipinski definition) is 1. The molecule has 0 unspecified atom stereocenters. The largest absolute Gasteiger partial charge is 0.378 e. The third-order valence-corrected chi connectivity index (χ3v) is 5.72. The molecule has 8 heteroatoms. The number of hydrogen-bond acceptors (Lipinski definition) is 5. The minimum atomic E-state index is -0.606. The summed E-state index contributed by atoms with van der Waals surface area (Å²) in [6, 6.07) is 11.5.